The molecule has 2 aliphatic rings. The molecule has 1 aromatic carbocycles. The maximum atomic E-state index is 12.2. The zero-order valence-corrected chi connectivity index (χ0v) is 12.4. The van der Waals surface area contributed by atoms with Gasteiger partial charge in [0.05, 0.1) is 5.69 Å². The van der Waals surface area contributed by atoms with Gasteiger partial charge in [0.15, 0.2) is 12.4 Å². The van der Waals surface area contributed by atoms with Gasteiger partial charge in [0.25, 0.3) is 5.91 Å². The number of hydrogen-bond donors (Lipinski definition) is 1. The first-order valence-electron chi connectivity index (χ1n) is 7.40. The average molecular weight is 302 g/mol. The fourth-order valence-corrected chi connectivity index (χ4v) is 2.34. The van der Waals surface area contributed by atoms with Crippen LogP contribution in [0.2, 0.25) is 0 Å². The molecule has 1 heterocycles. The summed E-state index contributed by atoms with van der Waals surface area (Å²) in [6, 6.07) is 5.32. The van der Waals surface area contributed by atoms with E-state index >= 15 is 0 Å². The third kappa shape index (κ3) is 3.10. The molecule has 1 fully saturated rings. The molecule has 0 bridgehead atoms. The number of carbonyl (C=O) groups excluding carboxylic acids is 3. The number of fused-ring (bicyclic) bond motifs is 1. The standard InChI is InChI=1S/C16H18N2O4/c1-18-12-8-10(2-6-14(12)22-9-16(18)21)13(19)5-7-15(20)17-11-3-4-11/h2,6,8,11H,3-5,7,9H2,1H3,(H,17,20). The predicted octanol–water partition coefficient (Wildman–Crippen LogP) is 1.28. The Morgan fingerprint density at radius 2 is 2.09 bits per heavy atom. The lowest BCUT2D eigenvalue weighted by Crippen LogP contribution is -2.35. The SMILES string of the molecule is CN1C(=O)COc2ccc(C(=O)CCC(=O)NC3CC3)cc21. The third-order valence-electron chi connectivity index (χ3n) is 3.89. The number of ketones is 1. The fraction of sp³-hybridized carbons (Fsp3) is 0.438. The molecule has 1 aliphatic carbocycles. The molecular formula is C16H18N2O4. The first-order valence-corrected chi connectivity index (χ1v) is 7.40. The van der Waals surface area contributed by atoms with Crippen LogP contribution in [-0.4, -0.2) is 37.3 Å². The lowest BCUT2D eigenvalue weighted by Gasteiger charge is -2.26. The van der Waals surface area contributed by atoms with E-state index in [4.69, 9.17) is 4.74 Å². The number of ether oxygens (including phenoxy) is 1. The number of rotatable bonds is 5. The zero-order chi connectivity index (χ0) is 15.7. The number of amides is 2. The normalized spacial score (nSPS) is 16.8. The van der Waals surface area contributed by atoms with Gasteiger partial charge in [0.2, 0.25) is 5.91 Å². The molecule has 1 aromatic rings. The van der Waals surface area contributed by atoms with Crippen LogP contribution in [0.5, 0.6) is 5.75 Å². The Morgan fingerprint density at radius 1 is 1.32 bits per heavy atom. The summed E-state index contributed by atoms with van der Waals surface area (Å²) in [6.07, 6.45) is 2.42. The third-order valence-corrected chi connectivity index (χ3v) is 3.89. The number of nitrogens with zero attached hydrogens (tertiary/aromatic N) is 1. The zero-order valence-electron chi connectivity index (χ0n) is 12.4. The van der Waals surface area contributed by atoms with E-state index in [1.165, 1.54) is 4.90 Å². The van der Waals surface area contributed by atoms with Crippen molar-refractivity contribution in [2.24, 2.45) is 0 Å². The van der Waals surface area contributed by atoms with Gasteiger partial charge in [0, 0.05) is 31.5 Å². The summed E-state index contributed by atoms with van der Waals surface area (Å²) in [5.41, 5.74) is 1.08. The van der Waals surface area contributed by atoms with Crippen LogP contribution in [0.1, 0.15) is 36.0 Å². The van der Waals surface area contributed by atoms with Gasteiger partial charge in [-0.2, -0.15) is 0 Å². The van der Waals surface area contributed by atoms with E-state index in [1.54, 1.807) is 25.2 Å². The van der Waals surface area contributed by atoms with Crippen LogP contribution in [0.4, 0.5) is 5.69 Å². The molecule has 0 unspecified atom stereocenters. The molecule has 0 spiro atoms. The molecule has 0 saturated heterocycles. The van der Waals surface area contributed by atoms with Crippen LogP contribution in [0.15, 0.2) is 18.2 Å². The quantitative estimate of drug-likeness (QED) is 0.831. The van der Waals surface area contributed by atoms with Gasteiger partial charge in [-0.15, -0.1) is 0 Å². The lowest BCUT2D eigenvalue weighted by atomic mass is 10.0. The first kappa shape index (κ1) is 14.6. The molecule has 1 aliphatic heterocycles. The van der Waals surface area contributed by atoms with Gasteiger partial charge in [0.1, 0.15) is 5.75 Å². The highest BCUT2D eigenvalue weighted by molar-refractivity contribution is 6.02. The first-order chi connectivity index (χ1) is 10.5. The van der Waals surface area contributed by atoms with Crippen molar-refractivity contribution in [1.29, 1.82) is 0 Å². The number of likely N-dealkylation sites (N-methyl/N-ethyl adjacent to an activating group) is 1. The maximum absolute atomic E-state index is 12.2. The Hall–Kier alpha value is -2.37. The largest absolute Gasteiger partial charge is 0.482 e. The number of nitrogens with one attached hydrogen (secondary N) is 1. The second-order valence-corrected chi connectivity index (χ2v) is 5.69. The number of carbonyl (C=O) groups is 3. The van der Waals surface area contributed by atoms with Crippen molar-refractivity contribution in [1.82, 2.24) is 5.32 Å². The number of Topliss-reactive ketones (excluding diaryl/α,β-unsaturated/α-hetero) is 1. The van der Waals surface area contributed by atoms with Gasteiger partial charge in [-0.3, -0.25) is 14.4 Å². The Bertz CT molecular complexity index is 637. The smallest absolute Gasteiger partial charge is 0.264 e. The van der Waals surface area contributed by atoms with E-state index in [0.29, 0.717) is 23.0 Å². The van der Waals surface area contributed by atoms with Crippen molar-refractivity contribution in [2.45, 2.75) is 31.7 Å². The van der Waals surface area contributed by atoms with Crippen molar-refractivity contribution in [2.75, 3.05) is 18.6 Å². The summed E-state index contributed by atoms with van der Waals surface area (Å²) >= 11 is 0. The summed E-state index contributed by atoms with van der Waals surface area (Å²) in [6.45, 7) is 0.0120. The van der Waals surface area contributed by atoms with Crippen LogP contribution in [0.3, 0.4) is 0 Å². The van der Waals surface area contributed by atoms with Gasteiger partial charge in [-0.1, -0.05) is 0 Å². The summed E-state index contributed by atoms with van der Waals surface area (Å²) in [7, 11) is 1.65. The second kappa shape index (κ2) is 5.79. The van der Waals surface area contributed by atoms with Crippen molar-refractivity contribution in [3.8, 4) is 5.75 Å². The van der Waals surface area contributed by atoms with Crippen molar-refractivity contribution in [3.05, 3.63) is 23.8 Å². The summed E-state index contributed by atoms with van der Waals surface area (Å²) in [4.78, 5) is 36.9. The highest BCUT2D eigenvalue weighted by atomic mass is 16.5. The topological polar surface area (TPSA) is 75.7 Å². The molecule has 6 heteroatoms. The van der Waals surface area contributed by atoms with E-state index in [0.717, 1.165) is 12.8 Å². The number of anilines is 1. The Morgan fingerprint density at radius 3 is 2.82 bits per heavy atom. The Labute approximate surface area is 128 Å². The highest BCUT2D eigenvalue weighted by Gasteiger charge is 2.25. The molecule has 1 saturated carbocycles. The highest BCUT2D eigenvalue weighted by Crippen LogP contribution is 2.32. The maximum Gasteiger partial charge on any atom is 0.264 e. The van der Waals surface area contributed by atoms with Crippen molar-refractivity contribution in [3.63, 3.8) is 0 Å². The van der Waals surface area contributed by atoms with E-state index in [-0.39, 0.29) is 37.0 Å². The van der Waals surface area contributed by atoms with Crippen LogP contribution >= 0.6 is 0 Å². The van der Waals surface area contributed by atoms with E-state index in [2.05, 4.69) is 5.32 Å². The van der Waals surface area contributed by atoms with E-state index in [9.17, 15) is 14.4 Å². The molecule has 6 nitrogen and oxygen atoms in total. The van der Waals surface area contributed by atoms with E-state index in [1.807, 2.05) is 0 Å². The molecule has 22 heavy (non-hydrogen) atoms. The Kier molecular flexibility index (Phi) is 3.83. The van der Waals surface area contributed by atoms with Crippen LogP contribution in [0, 0.1) is 0 Å². The monoisotopic (exact) mass is 302 g/mol. The molecule has 2 amide bonds. The minimum absolute atomic E-state index is 0.0120. The Balaban J connectivity index is 1.65. The summed E-state index contributed by atoms with van der Waals surface area (Å²) in [5, 5.41) is 2.86. The number of benzene rings is 1. The fourth-order valence-electron chi connectivity index (χ4n) is 2.34. The molecule has 0 atom stereocenters. The molecule has 1 N–H and O–H groups in total. The van der Waals surface area contributed by atoms with Crippen LogP contribution in [0.25, 0.3) is 0 Å². The van der Waals surface area contributed by atoms with Crippen LogP contribution in [-0.2, 0) is 9.59 Å². The van der Waals surface area contributed by atoms with Crippen molar-refractivity contribution < 1.29 is 19.1 Å². The van der Waals surface area contributed by atoms with E-state index < -0.39 is 0 Å². The summed E-state index contributed by atoms with van der Waals surface area (Å²) in [5.74, 6) is 0.246. The minimum Gasteiger partial charge on any atom is -0.482 e. The van der Waals surface area contributed by atoms with Crippen LogP contribution < -0.4 is 15.0 Å². The van der Waals surface area contributed by atoms with Crippen molar-refractivity contribution >= 4 is 23.3 Å². The predicted molar refractivity (Wildman–Crippen MR) is 80.1 cm³/mol. The van der Waals surface area contributed by atoms with Gasteiger partial charge in [-0.25, -0.2) is 0 Å². The minimum atomic E-state index is -0.152. The lowest BCUT2D eigenvalue weighted by molar-refractivity contribution is -0.121. The molecular weight excluding hydrogens is 284 g/mol. The van der Waals surface area contributed by atoms with Gasteiger partial charge >= 0.3 is 0 Å². The molecule has 116 valence electrons. The summed E-state index contributed by atoms with van der Waals surface area (Å²) < 4.78 is 5.32. The number of hydrogen-bond acceptors (Lipinski definition) is 4. The molecule has 0 radical (unpaired) electrons. The van der Waals surface area contributed by atoms with Gasteiger partial charge in [-0.05, 0) is 31.0 Å². The molecule has 3 rings (SSSR count). The van der Waals surface area contributed by atoms with Gasteiger partial charge < -0.3 is 15.0 Å². The molecule has 0 aromatic heterocycles. The second-order valence-electron chi connectivity index (χ2n) is 5.69. The average Bonchev–Trinajstić information content (AvgIpc) is 3.32.